The predicted octanol–water partition coefficient (Wildman–Crippen LogP) is 2.45. The van der Waals surface area contributed by atoms with Gasteiger partial charge in [-0.25, -0.2) is 4.79 Å². The Labute approximate surface area is 141 Å². The van der Waals surface area contributed by atoms with Gasteiger partial charge in [0.2, 0.25) is 0 Å². The molecule has 134 valence electrons. The molecule has 0 amide bonds. The van der Waals surface area contributed by atoms with Crippen LogP contribution in [-0.4, -0.2) is 35.6 Å². The number of rotatable bonds is 6. The highest BCUT2D eigenvalue weighted by Gasteiger charge is 2.25. The van der Waals surface area contributed by atoms with E-state index >= 15 is 0 Å². The van der Waals surface area contributed by atoms with Crippen molar-refractivity contribution in [2.45, 2.75) is 59.7 Å². The Hall–Kier alpha value is -2.31. The van der Waals surface area contributed by atoms with Crippen LogP contribution in [0.2, 0.25) is 0 Å². The molecular weight excluding hydrogens is 314 g/mol. The number of hydrogen-bond donors (Lipinski definition) is 1. The lowest BCUT2D eigenvalue weighted by Gasteiger charge is -2.19. The van der Waals surface area contributed by atoms with Crippen LogP contribution in [0.4, 0.5) is 0 Å². The summed E-state index contributed by atoms with van der Waals surface area (Å²) in [6.07, 6.45) is 0.460. The third kappa shape index (κ3) is 5.72. The number of hydrogen-bond acceptors (Lipinski definition) is 6. The minimum absolute atomic E-state index is 0.0230. The molecule has 0 aliphatic carbocycles. The summed E-state index contributed by atoms with van der Waals surface area (Å²) in [6.45, 7) is 8.45. The molecule has 0 radical (unpaired) electrons. The number of aromatic nitrogens is 1. The predicted molar refractivity (Wildman–Crippen MR) is 86.5 cm³/mol. The average Bonchev–Trinajstić information content (AvgIpc) is 2.77. The van der Waals surface area contributed by atoms with Gasteiger partial charge in [-0.2, -0.15) is 0 Å². The first-order valence-electron chi connectivity index (χ1n) is 7.69. The highest BCUT2D eigenvalue weighted by atomic mass is 16.6. The molecule has 1 aromatic rings. The van der Waals surface area contributed by atoms with Gasteiger partial charge in [0, 0.05) is 13.3 Å². The van der Waals surface area contributed by atoms with E-state index in [-0.39, 0.29) is 24.7 Å². The van der Waals surface area contributed by atoms with Gasteiger partial charge < -0.3 is 19.2 Å². The summed E-state index contributed by atoms with van der Waals surface area (Å²) in [5, 5.41) is 0. The third-order valence-corrected chi connectivity index (χ3v) is 3.31. The van der Waals surface area contributed by atoms with Crippen LogP contribution in [0.3, 0.4) is 0 Å². The molecule has 0 aliphatic rings. The normalized spacial score (nSPS) is 11.1. The summed E-state index contributed by atoms with van der Waals surface area (Å²) in [6, 6.07) is 0. The van der Waals surface area contributed by atoms with Crippen LogP contribution >= 0.6 is 0 Å². The molecule has 24 heavy (non-hydrogen) atoms. The zero-order chi connectivity index (χ0) is 18.5. The van der Waals surface area contributed by atoms with E-state index in [1.54, 1.807) is 27.7 Å². The van der Waals surface area contributed by atoms with Crippen LogP contribution in [0.1, 0.15) is 61.4 Å². The number of methoxy groups -OCH3 is 1. The van der Waals surface area contributed by atoms with E-state index in [1.807, 2.05) is 0 Å². The SMILES string of the molecule is COC(=O)CCc1c(C(=O)OC(C)(C)C)[nH]c(COC(C)=O)c1C. The second kappa shape index (κ2) is 7.99. The van der Waals surface area contributed by atoms with Gasteiger partial charge in [0.1, 0.15) is 17.9 Å². The zero-order valence-corrected chi connectivity index (χ0v) is 15.1. The van der Waals surface area contributed by atoms with Gasteiger partial charge in [0.05, 0.1) is 12.8 Å². The maximum atomic E-state index is 12.4. The Bertz CT molecular complexity index is 624. The van der Waals surface area contributed by atoms with Crippen molar-refractivity contribution in [2.75, 3.05) is 7.11 Å². The van der Waals surface area contributed by atoms with Crippen molar-refractivity contribution < 1.29 is 28.6 Å². The molecule has 7 nitrogen and oxygen atoms in total. The van der Waals surface area contributed by atoms with Gasteiger partial charge in [-0.3, -0.25) is 9.59 Å². The number of carbonyl (C=O) groups excluding carboxylic acids is 3. The molecule has 7 heteroatoms. The standard InChI is InChI=1S/C17H25NO6/c1-10-12(7-8-14(20)22-6)15(16(21)24-17(3,4)5)18-13(10)9-23-11(2)19/h18H,7-9H2,1-6H3. The lowest BCUT2D eigenvalue weighted by atomic mass is 10.0. The number of aromatic amines is 1. The topological polar surface area (TPSA) is 94.7 Å². The molecule has 1 aromatic heterocycles. The van der Waals surface area contributed by atoms with Gasteiger partial charge in [-0.05, 0) is 45.2 Å². The van der Waals surface area contributed by atoms with Gasteiger partial charge >= 0.3 is 17.9 Å². The van der Waals surface area contributed by atoms with Crippen LogP contribution in [0.15, 0.2) is 0 Å². The lowest BCUT2D eigenvalue weighted by molar-refractivity contribution is -0.142. The Morgan fingerprint density at radius 1 is 1.17 bits per heavy atom. The van der Waals surface area contributed by atoms with E-state index in [0.717, 1.165) is 5.56 Å². The van der Waals surface area contributed by atoms with Crippen LogP contribution in [-0.2, 0) is 36.8 Å². The minimum atomic E-state index is -0.647. The number of H-pyrrole nitrogens is 1. The van der Waals surface area contributed by atoms with Crippen molar-refractivity contribution in [2.24, 2.45) is 0 Å². The summed E-state index contributed by atoms with van der Waals surface area (Å²) in [5.74, 6) is -1.30. The molecule has 0 spiro atoms. The van der Waals surface area contributed by atoms with Crippen LogP contribution in [0.25, 0.3) is 0 Å². The van der Waals surface area contributed by atoms with Crippen molar-refractivity contribution in [1.29, 1.82) is 0 Å². The quantitative estimate of drug-likeness (QED) is 0.632. The zero-order valence-electron chi connectivity index (χ0n) is 15.1. The molecule has 0 saturated heterocycles. The first-order chi connectivity index (χ1) is 11.0. The molecule has 0 fully saturated rings. The van der Waals surface area contributed by atoms with Crippen molar-refractivity contribution in [3.63, 3.8) is 0 Å². The number of nitrogens with one attached hydrogen (secondary N) is 1. The maximum Gasteiger partial charge on any atom is 0.355 e. The minimum Gasteiger partial charge on any atom is -0.469 e. The Kier molecular flexibility index (Phi) is 6.57. The molecular formula is C17H25NO6. The van der Waals surface area contributed by atoms with E-state index in [2.05, 4.69) is 9.72 Å². The lowest BCUT2D eigenvalue weighted by Crippen LogP contribution is -2.24. The Morgan fingerprint density at radius 2 is 1.79 bits per heavy atom. The molecule has 0 aromatic carbocycles. The maximum absolute atomic E-state index is 12.4. The molecule has 1 rings (SSSR count). The van der Waals surface area contributed by atoms with Gasteiger partial charge in [0.15, 0.2) is 0 Å². The van der Waals surface area contributed by atoms with E-state index in [9.17, 15) is 14.4 Å². The van der Waals surface area contributed by atoms with Crippen LogP contribution < -0.4 is 0 Å². The largest absolute Gasteiger partial charge is 0.469 e. The van der Waals surface area contributed by atoms with Crippen molar-refractivity contribution in [3.8, 4) is 0 Å². The molecule has 0 saturated carbocycles. The Morgan fingerprint density at radius 3 is 2.29 bits per heavy atom. The van der Waals surface area contributed by atoms with Crippen molar-refractivity contribution in [1.82, 2.24) is 4.98 Å². The van der Waals surface area contributed by atoms with Gasteiger partial charge in [-0.1, -0.05) is 0 Å². The fourth-order valence-electron chi connectivity index (χ4n) is 2.15. The second-order valence-corrected chi connectivity index (χ2v) is 6.44. The molecule has 0 bridgehead atoms. The summed E-state index contributed by atoms with van der Waals surface area (Å²) in [7, 11) is 1.31. The number of ether oxygens (including phenoxy) is 3. The number of esters is 3. The summed E-state index contributed by atoms with van der Waals surface area (Å²) in [5.41, 5.74) is 1.66. The number of carbonyl (C=O) groups is 3. The van der Waals surface area contributed by atoms with Crippen molar-refractivity contribution >= 4 is 17.9 Å². The van der Waals surface area contributed by atoms with E-state index in [4.69, 9.17) is 9.47 Å². The van der Waals surface area contributed by atoms with E-state index in [1.165, 1.54) is 14.0 Å². The summed E-state index contributed by atoms with van der Waals surface area (Å²) in [4.78, 5) is 37.8. The average molecular weight is 339 g/mol. The van der Waals surface area contributed by atoms with E-state index < -0.39 is 17.5 Å². The summed E-state index contributed by atoms with van der Waals surface area (Å²) < 4.78 is 15.0. The summed E-state index contributed by atoms with van der Waals surface area (Å²) >= 11 is 0. The van der Waals surface area contributed by atoms with Crippen LogP contribution in [0.5, 0.6) is 0 Å². The fourth-order valence-corrected chi connectivity index (χ4v) is 2.15. The fraction of sp³-hybridized carbons (Fsp3) is 0.588. The second-order valence-electron chi connectivity index (χ2n) is 6.44. The monoisotopic (exact) mass is 339 g/mol. The van der Waals surface area contributed by atoms with Gasteiger partial charge in [0.25, 0.3) is 0 Å². The van der Waals surface area contributed by atoms with E-state index in [0.29, 0.717) is 17.7 Å². The highest BCUT2D eigenvalue weighted by molar-refractivity contribution is 5.90. The Balaban J connectivity index is 3.12. The highest BCUT2D eigenvalue weighted by Crippen LogP contribution is 2.23. The first kappa shape index (κ1) is 19.7. The van der Waals surface area contributed by atoms with Crippen molar-refractivity contribution in [3.05, 3.63) is 22.5 Å². The third-order valence-electron chi connectivity index (χ3n) is 3.31. The smallest absolute Gasteiger partial charge is 0.355 e. The molecule has 0 aliphatic heterocycles. The van der Waals surface area contributed by atoms with Gasteiger partial charge in [-0.15, -0.1) is 0 Å². The van der Waals surface area contributed by atoms with Crippen LogP contribution in [0, 0.1) is 6.92 Å². The molecule has 1 N–H and O–H groups in total. The first-order valence-corrected chi connectivity index (χ1v) is 7.69. The molecule has 0 atom stereocenters. The molecule has 0 unspecified atom stereocenters. The molecule has 1 heterocycles.